The summed E-state index contributed by atoms with van der Waals surface area (Å²) in [4.78, 5) is 22.4. The van der Waals surface area contributed by atoms with E-state index in [2.05, 4.69) is 5.32 Å². The maximum atomic E-state index is 11.2. The van der Waals surface area contributed by atoms with E-state index in [9.17, 15) is 9.59 Å². The zero-order chi connectivity index (χ0) is 12.1. The summed E-state index contributed by atoms with van der Waals surface area (Å²) in [5, 5.41) is 2.39. The number of carbonyl (C=O) groups excluding carboxylic acids is 2. The summed E-state index contributed by atoms with van der Waals surface area (Å²) >= 11 is 0. The minimum absolute atomic E-state index is 0.291. The van der Waals surface area contributed by atoms with Crippen molar-refractivity contribution in [2.24, 2.45) is 0 Å². The lowest BCUT2D eigenvalue weighted by Crippen LogP contribution is -2.42. The second-order valence-electron chi connectivity index (χ2n) is 4.12. The second kappa shape index (κ2) is 5.58. The van der Waals surface area contributed by atoms with Crippen LogP contribution in [0, 0.1) is 0 Å². The van der Waals surface area contributed by atoms with Crippen LogP contribution in [0.5, 0.6) is 0 Å². The molecular formula is C10H19NO4. The summed E-state index contributed by atoms with van der Waals surface area (Å²) in [6.45, 7) is 8.80. The topological polar surface area (TPSA) is 64.6 Å². The van der Waals surface area contributed by atoms with Crippen molar-refractivity contribution in [1.29, 1.82) is 0 Å². The van der Waals surface area contributed by atoms with Gasteiger partial charge < -0.3 is 14.8 Å². The molecule has 5 heteroatoms. The van der Waals surface area contributed by atoms with Crippen molar-refractivity contribution in [2.45, 2.75) is 46.3 Å². The standard InChI is InChI=1S/C10H19NO4/c1-6-14-8(12)7(2)11-9(13)15-10(3,4)5/h7H,6H2,1-5H3,(H,11,13)/t7-/m1/s1. The van der Waals surface area contributed by atoms with E-state index in [1.807, 2.05) is 0 Å². The van der Waals surface area contributed by atoms with Crippen LogP contribution in [0.3, 0.4) is 0 Å². The highest BCUT2D eigenvalue weighted by molar-refractivity contribution is 5.80. The highest BCUT2D eigenvalue weighted by atomic mass is 16.6. The third-order valence-corrected chi connectivity index (χ3v) is 1.37. The van der Waals surface area contributed by atoms with Crippen LogP contribution in [0.25, 0.3) is 0 Å². The molecule has 5 nitrogen and oxygen atoms in total. The molecule has 0 saturated carbocycles. The summed E-state index contributed by atoms with van der Waals surface area (Å²) in [7, 11) is 0. The van der Waals surface area contributed by atoms with Gasteiger partial charge in [-0.25, -0.2) is 9.59 Å². The number of hydrogen-bond acceptors (Lipinski definition) is 4. The zero-order valence-electron chi connectivity index (χ0n) is 9.92. The normalized spacial score (nSPS) is 12.9. The van der Waals surface area contributed by atoms with Gasteiger partial charge in [0.25, 0.3) is 0 Å². The van der Waals surface area contributed by atoms with Gasteiger partial charge in [-0.05, 0) is 34.6 Å². The highest BCUT2D eigenvalue weighted by Gasteiger charge is 2.21. The maximum absolute atomic E-state index is 11.2. The Balaban J connectivity index is 4.02. The Morgan fingerprint density at radius 2 is 1.87 bits per heavy atom. The number of alkyl carbamates (subject to hydrolysis) is 1. The maximum Gasteiger partial charge on any atom is 0.408 e. The van der Waals surface area contributed by atoms with E-state index in [4.69, 9.17) is 9.47 Å². The quantitative estimate of drug-likeness (QED) is 0.727. The van der Waals surface area contributed by atoms with Crippen molar-refractivity contribution in [3.8, 4) is 0 Å². The van der Waals surface area contributed by atoms with Crippen molar-refractivity contribution in [3.63, 3.8) is 0 Å². The van der Waals surface area contributed by atoms with Crippen LogP contribution in [0.1, 0.15) is 34.6 Å². The molecule has 0 bridgehead atoms. The van der Waals surface area contributed by atoms with Gasteiger partial charge in [0.05, 0.1) is 6.61 Å². The van der Waals surface area contributed by atoms with Gasteiger partial charge in [-0.2, -0.15) is 0 Å². The molecule has 0 fully saturated rings. The van der Waals surface area contributed by atoms with Crippen molar-refractivity contribution < 1.29 is 19.1 Å². The number of nitrogens with one attached hydrogen (secondary N) is 1. The Bertz CT molecular complexity index is 232. The number of rotatable bonds is 3. The van der Waals surface area contributed by atoms with E-state index >= 15 is 0 Å². The number of carbonyl (C=O) groups is 2. The summed E-state index contributed by atoms with van der Waals surface area (Å²) < 4.78 is 9.70. The molecule has 1 N–H and O–H groups in total. The lowest BCUT2D eigenvalue weighted by Gasteiger charge is -2.21. The molecule has 1 amide bonds. The monoisotopic (exact) mass is 217 g/mol. The molecule has 15 heavy (non-hydrogen) atoms. The molecule has 0 radical (unpaired) electrons. The molecule has 0 aromatic carbocycles. The SMILES string of the molecule is CCOC(=O)[C@@H](C)NC(=O)OC(C)(C)C. The fourth-order valence-corrected chi connectivity index (χ4v) is 0.811. The van der Waals surface area contributed by atoms with E-state index in [0.29, 0.717) is 6.61 Å². The number of amides is 1. The van der Waals surface area contributed by atoms with Crippen LogP contribution >= 0.6 is 0 Å². The average Bonchev–Trinajstić information content (AvgIpc) is 2.00. The average molecular weight is 217 g/mol. The minimum Gasteiger partial charge on any atom is -0.464 e. The first-order valence-electron chi connectivity index (χ1n) is 4.92. The smallest absolute Gasteiger partial charge is 0.408 e. The second-order valence-corrected chi connectivity index (χ2v) is 4.12. The lowest BCUT2D eigenvalue weighted by molar-refractivity contribution is -0.145. The fraction of sp³-hybridized carbons (Fsp3) is 0.800. The van der Waals surface area contributed by atoms with Crippen LogP contribution < -0.4 is 5.32 Å². The molecule has 88 valence electrons. The predicted molar refractivity (Wildman–Crippen MR) is 55.5 cm³/mol. The van der Waals surface area contributed by atoms with Gasteiger partial charge in [0.2, 0.25) is 0 Å². The molecule has 0 heterocycles. The Morgan fingerprint density at radius 1 is 1.33 bits per heavy atom. The van der Waals surface area contributed by atoms with Crippen LogP contribution in [-0.4, -0.2) is 30.3 Å². The van der Waals surface area contributed by atoms with Crippen LogP contribution in [0.15, 0.2) is 0 Å². The molecule has 0 unspecified atom stereocenters. The molecular weight excluding hydrogens is 198 g/mol. The van der Waals surface area contributed by atoms with Gasteiger partial charge >= 0.3 is 12.1 Å². The van der Waals surface area contributed by atoms with Gasteiger partial charge in [-0.15, -0.1) is 0 Å². The van der Waals surface area contributed by atoms with Crippen molar-refractivity contribution in [3.05, 3.63) is 0 Å². The lowest BCUT2D eigenvalue weighted by atomic mass is 10.2. The van der Waals surface area contributed by atoms with Crippen LogP contribution in [0.4, 0.5) is 4.79 Å². The van der Waals surface area contributed by atoms with Gasteiger partial charge in [-0.1, -0.05) is 0 Å². The molecule has 0 aromatic rings. The minimum atomic E-state index is -0.695. The predicted octanol–water partition coefficient (Wildman–Crippen LogP) is 1.46. The zero-order valence-corrected chi connectivity index (χ0v) is 9.92. The molecule has 0 aliphatic rings. The fourth-order valence-electron chi connectivity index (χ4n) is 0.811. The first kappa shape index (κ1) is 13.7. The Hall–Kier alpha value is -1.26. The third kappa shape index (κ3) is 6.76. The van der Waals surface area contributed by atoms with E-state index in [1.165, 1.54) is 0 Å². The number of ether oxygens (including phenoxy) is 2. The molecule has 0 aromatic heterocycles. The Labute approximate surface area is 90.1 Å². The van der Waals surface area contributed by atoms with E-state index < -0.39 is 23.7 Å². The highest BCUT2D eigenvalue weighted by Crippen LogP contribution is 2.06. The number of esters is 1. The van der Waals surface area contributed by atoms with Gasteiger partial charge in [0, 0.05) is 0 Å². The molecule has 0 aliphatic heterocycles. The van der Waals surface area contributed by atoms with Gasteiger partial charge in [0.1, 0.15) is 11.6 Å². The first-order valence-corrected chi connectivity index (χ1v) is 4.92. The van der Waals surface area contributed by atoms with Gasteiger partial charge in [-0.3, -0.25) is 0 Å². The summed E-state index contributed by atoms with van der Waals surface area (Å²) in [5.41, 5.74) is -0.571. The molecule has 0 rings (SSSR count). The third-order valence-electron chi connectivity index (χ3n) is 1.37. The molecule has 0 spiro atoms. The van der Waals surface area contributed by atoms with Gasteiger partial charge in [0.15, 0.2) is 0 Å². The van der Waals surface area contributed by atoms with Crippen molar-refractivity contribution in [1.82, 2.24) is 5.32 Å². The molecule has 1 atom stereocenters. The van der Waals surface area contributed by atoms with Crippen LogP contribution in [-0.2, 0) is 14.3 Å². The summed E-state index contributed by atoms with van der Waals surface area (Å²) in [5.74, 6) is -0.469. The summed E-state index contributed by atoms with van der Waals surface area (Å²) in [6.07, 6.45) is -0.622. The Kier molecular flexibility index (Phi) is 5.11. The molecule has 0 aliphatic carbocycles. The van der Waals surface area contributed by atoms with Crippen molar-refractivity contribution in [2.75, 3.05) is 6.61 Å². The van der Waals surface area contributed by atoms with E-state index in [0.717, 1.165) is 0 Å². The van der Waals surface area contributed by atoms with E-state index in [-0.39, 0.29) is 0 Å². The summed E-state index contributed by atoms with van der Waals surface area (Å²) in [6, 6.07) is -0.695. The molecule has 0 saturated heterocycles. The van der Waals surface area contributed by atoms with Crippen LogP contribution in [0.2, 0.25) is 0 Å². The first-order chi connectivity index (χ1) is 6.76. The Morgan fingerprint density at radius 3 is 2.27 bits per heavy atom. The van der Waals surface area contributed by atoms with Crippen molar-refractivity contribution >= 4 is 12.1 Å². The largest absolute Gasteiger partial charge is 0.464 e. The number of hydrogen-bond donors (Lipinski definition) is 1. The van der Waals surface area contributed by atoms with E-state index in [1.54, 1.807) is 34.6 Å².